The van der Waals surface area contributed by atoms with Gasteiger partial charge in [-0.05, 0) is 38.5 Å². The van der Waals surface area contributed by atoms with Crippen molar-refractivity contribution in [1.29, 1.82) is 0 Å². The van der Waals surface area contributed by atoms with E-state index in [-0.39, 0.29) is 38.5 Å². The van der Waals surface area contributed by atoms with Gasteiger partial charge in [0.15, 0.2) is 24.4 Å². The van der Waals surface area contributed by atoms with Gasteiger partial charge in [0, 0.05) is 38.5 Å². The largest absolute Gasteiger partial charge is 0.462 e. The SMILES string of the molecule is CCCCCCCC(=O)OCC(OC(=O)CCCCCCC)C(OC(=O)CCCCCCC)C(OC(=O)CCCCCCC)C(COC(=O)CCCCCCC)OC(=O)CCCCCCC. The first kappa shape index (κ1) is 62.8. The van der Waals surface area contributed by atoms with E-state index in [1.54, 1.807) is 0 Å². The third-order valence-electron chi connectivity index (χ3n) is 11.9. The molecule has 66 heavy (non-hydrogen) atoms. The lowest BCUT2D eigenvalue weighted by atomic mass is 10.0. The van der Waals surface area contributed by atoms with Gasteiger partial charge in [-0.15, -0.1) is 0 Å². The zero-order chi connectivity index (χ0) is 48.9. The Labute approximate surface area is 402 Å². The van der Waals surface area contributed by atoms with Gasteiger partial charge in [-0.3, -0.25) is 28.8 Å². The van der Waals surface area contributed by atoms with Crippen LogP contribution in [0.3, 0.4) is 0 Å². The van der Waals surface area contributed by atoms with Crippen LogP contribution >= 0.6 is 0 Å². The fraction of sp³-hybridized carbons (Fsp3) is 0.889. The second kappa shape index (κ2) is 45.6. The Morgan fingerprint density at radius 1 is 0.258 bits per heavy atom. The maximum Gasteiger partial charge on any atom is 0.306 e. The summed E-state index contributed by atoms with van der Waals surface area (Å²) < 4.78 is 36.3. The molecule has 0 aliphatic rings. The number of hydrogen-bond donors (Lipinski definition) is 0. The van der Waals surface area contributed by atoms with Gasteiger partial charge in [-0.2, -0.15) is 0 Å². The highest BCUT2D eigenvalue weighted by atomic mass is 16.6. The average molecular weight is 939 g/mol. The van der Waals surface area contributed by atoms with E-state index < -0.39 is 73.4 Å². The molecule has 4 unspecified atom stereocenters. The van der Waals surface area contributed by atoms with Crippen molar-refractivity contribution in [2.45, 2.75) is 297 Å². The van der Waals surface area contributed by atoms with Crippen LogP contribution in [0.4, 0.5) is 0 Å². The Kier molecular flexibility index (Phi) is 43.4. The number of carbonyl (C=O) groups excluding carboxylic acids is 6. The van der Waals surface area contributed by atoms with Gasteiger partial charge in [-0.25, -0.2) is 0 Å². The topological polar surface area (TPSA) is 158 Å². The summed E-state index contributed by atoms with van der Waals surface area (Å²) in [6.07, 6.45) is 21.2. The number of unbranched alkanes of at least 4 members (excludes halogenated alkanes) is 24. The van der Waals surface area contributed by atoms with Crippen molar-refractivity contribution in [3.63, 3.8) is 0 Å². The summed E-state index contributed by atoms with van der Waals surface area (Å²) in [7, 11) is 0. The molecule has 0 spiro atoms. The molecule has 0 bridgehead atoms. The fourth-order valence-corrected chi connectivity index (χ4v) is 7.71. The predicted molar refractivity (Wildman–Crippen MR) is 262 cm³/mol. The molecule has 0 rings (SSSR count). The standard InChI is InChI=1S/C54H98O12/c1-7-13-19-25-31-37-47(55)61-43-45(63-49(57)39-33-27-21-15-9-3)53(65-51(59)41-35-29-23-17-11-5)54(66-52(60)42-36-30-24-18-12-6)46(64-50(58)40-34-28-22-16-10-4)44-62-48(56)38-32-26-20-14-8-2/h45-46,53-54H,7-44H2,1-6H3. The monoisotopic (exact) mass is 939 g/mol. The van der Waals surface area contributed by atoms with Crippen LogP contribution in [-0.2, 0) is 57.2 Å². The van der Waals surface area contributed by atoms with Gasteiger partial charge in [-0.1, -0.05) is 196 Å². The molecular formula is C54H98O12. The van der Waals surface area contributed by atoms with Crippen LogP contribution in [0.25, 0.3) is 0 Å². The minimum absolute atomic E-state index is 0.0309. The smallest absolute Gasteiger partial charge is 0.306 e. The van der Waals surface area contributed by atoms with Crippen LogP contribution in [0.2, 0.25) is 0 Å². The molecule has 0 N–H and O–H groups in total. The molecule has 0 radical (unpaired) electrons. The summed E-state index contributed by atoms with van der Waals surface area (Å²) in [5.74, 6) is -3.47. The molecule has 0 fully saturated rings. The first-order valence-electron chi connectivity index (χ1n) is 27.2. The lowest BCUT2D eigenvalue weighted by Gasteiger charge is -2.36. The summed E-state index contributed by atoms with van der Waals surface area (Å²) in [4.78, 5) is 81.7. The normalized spacial score (nSPS) is 13.0. The summed E-state index contributed by atoms with van der Waals surface area (Å²) in [5, 5.41) is 0. The lowest BCUT2D eigenvalue weighted by molar-refractivity contribution is -0.209. The minimum atomic E-state index is -1.58. The molecule has 0 saturated heterocycles. The molecule has 12 nitrogen and oxygen atoms in total. The average Bonchev–Trinajstić information content (AvgIpc) is 3.30. The number of rotatable bonds is 47. The van der Waals surface area contributed by atoms with Gasteiger partial charge >= 0.3 is 35.8 Å². The highest BCUT2D eigenvalue weighted by molar-refractivity contribution is 5.73. The molecule has 0 aliphatic carbocycles. The number of esters is 6. The zero-order valence-corrected chi connectivity index (χ0v) is 43.1. The second-order valence-corrected chi connectivity index (χ2v) is 18.3. The van der Waals surface area contributed by atoms with Gasteiger partial charge in [0.05, 0.1) is 0 Å². The molecule has 0 heterocycles. The van der Waals surface area contributed by atoms with Crippen molar-refractivity contribution in [1.82, 2.24) is 0 Å². The summed E-state index contributed by atoms with van der Waals surface area (Å²) in [5.41, 5.74) is 0. The summed E-state index contributed by atoms with van der Waals surface area (Å²) in [6, 6.07) is 0. The Morgan fingerprint density at radius 2 is 0.455 bits per heavy atom. The van der Waals surface area contributed by atoms with Crippen LogP contribution in [0.15, 0.2) is 0 Å². The van der Waals surface area contributed by atoms with E-state index in [1.807, 2.05) is 0 Å². The Hall–Kier alpha value is -3.18. The molecule has 0 aromatic carbocycles. The molecular weight excluding hydrogens is 841 g/mol. The first-order valence-corrected chi connectivity index (χ1v) is 27.2. The van der Waals surface area contributed by atoms with Crippen molar-refractivity contribution in [3.05, 3.63) is 0 Å². The van der Waals surface area contributed by atoms with Gasteiger partial charge in [0.25, 0.3) is 0 Å². The quantitative estimate of drug-likeness (QED) is 0.0323. The van der Waals surface area contributed by atoms with Crippen LogP contribution in [0.5, 0.6) is 0 Å². The Balaban J connectivity index is 7.27. The van der Waals surface area contributed by atoms with Gasteiger partial charge < -0.3 is 28.4 Å². The Morgan fingerprint density at radius 3 is 0.682 bits per heavy atom. The van der Waals surface area contributed by atoms with E-state index in [2.05, 4.69) is 41.5 Å². The fourth-order valence-electron chi connectivity index (χ4n) is 7.71. The number of hydrogen-bond acceptors (Lipinski definition) is 12. The first-order chi connectivity index (χ1) is 32.1. The highest BCUT2D eigenvalue weighted by Gasteiger charge is 2.45. The molecule has 12 heteroatoms. The summed E-state index contributed by atoms with van der Waals surface area (Å²) >= 11 is 0. The molecule has 0 aromatic heterocycles. The van der Waals surface area contributed by atoms with Gasteiger partial charge in [0.2, 0.25) is 0 Å². The molecule has 0 aliphatic heterocycles. The molecule has 0 aromatic rings. The maximum atomic E-state index is 13.9. The number of ether oxygens (including phenoxy) is 6. The van der Waals surface area contributed by atoms with Crippen molar-refractivity contribution in [2.75, 3.05) is 13.2 Å². The third kappa shape index (κ3) is 36.9. The molecule has 386 valence electrons. The minimum Gasteiger partial charge on any atom is -0.462 e. The maximum absolute atomic E-state index is 13.9. The van der Waals surface area contributed by atoms with Crippen molar-refractivity contribution >= 4 is 35.8 Å². The Bertz CT molecular complexity index is 1130. The molecule has 0 amide bonds. The number of carbonyl (C=O) groups is 6. The van der Waals surface area contributed by atoms with Crippen molar-refractivity contribution < 1.29 is 57.2 Å². The van der Waals surface area contributed by atoms with E-state index in [0.29, 0.717) is 38.5 Å². The van der Waals surface area contributed by atoms with E-state index in [4.69, 9.17) is 28.4 Å². The lowest BCUT2D eigenvalue weighted by Crippen LogP contribution is -2.54. The van der Waals surface area contributed by atoms with E-state index >= 15 is 0 Å². The summed E-state index contributed by atoms with van der Waals surface area (Å²) in [6.45, 7) is 11.7. The van der Waals surface area contributed by atoms with E-state index in [0.717, 1.165) is 154 Å². The third-order valence-corrected chi connectivity index (χ3v) is 11.9. The van der Waals surface area contributed by atoms with Crippen LogP contribution in [0, 0.1) is 0 Å². The second-order valence-electron chi connectivity index (χ2n) is 18.3. The van der Waals surface area contributed by atoms with Gasteiger partial charge in [0.1, 0.15) is 13.2 Å². The highest BCUT2D eigenvalue weighted by Crippen LogP contribution is 2.24. The van der Waals surface area contributed by atoms with E-state index in [9.17, 15) is 28.8 Å². The molecule has 0 saturated carbocycles. The van der Waals surface area contributed by atoms with Crippen LogP contribution < -0.4 is 0 Å². The van der Waals surface area contributed by atoms with Crippen LogP contribution in [-0.4, -0.2) is 73.4 Å². The van der Waals surface area contributed by atoms with Crippen LogP contribution in [0.1, 0.15) is 273 Å². The van der Waals surface area contributed by atoms with Crippen molar-refractivity contribution in [3.8, 4) is 0 Å². The predicted octanol–water partition coefficient (Wildman–Crippen LogP) is 13.9. The zero-order valence-electron chi connectivity index (χ0n) is 43.1. The molecule has 4 atom stereocenters. The van der Waals surface area contributed by atoms with E-state index in [1.165, 1.54) is 0 Å². The van der Waals surface area contributed by atoms with Crippen molar-refractivity contribution in [2.24, 2.45) is 0 Å².